The molecule has 2 heterocycles. The van der Waals surface area contributed by atoms with E-state index in [1.807, 2.05) is 0 Å². The zero-order valence-corrected chi connectivity index (χ0v) is 20.2. The molecule has 0 unspecified atom stereocenters. The molecule has 0 aliphatic heterocycles. The van der Waals surface area contributed by atoms with Gasteiger partial charge in [-0.2, -0.15) is 5.10 Å². The number of pyridine rings is 2. The Kier molecular flexibility index (Phi) is 7.19. The van der Waals surface area contributed by atoms with E-state index >= 15 is 0 Å². The molecular formula is C27H28N4O5. The van der Waals surface area contributed by atoms with Crippen molar-refractivity contribution >= 4 is 33.4 Å². The number of rotatable bonds is 8. The lowest BCUT2D eigenvalue weighted by molar-refractivity contribution is 0.0950. The Labute approximate surface area is 206 Å². The first-order chi connectivity index (χ1) is 17.3. The van der Waals surface area contributed by atoms with Gasteiger partial charge in [0.05, 0.1) is 16.7 Å². The molecule has 1 amide bonds. The second-order valence-electron chi connectivity index (χ2n) is 8.62. The predicted molar refractivity (Wildman–Crippen MR) is 140 cm³/mol. The van der Waals surface area contributed by atoms with Crippen LogP contribution < -0.4 is 16.5 Å². The Hall–Kier alpha value is -4.40. The van der Waals surface area contributed by atoms with E-state index < -0.39 is 28.3 Å². The number of hydrazone groups is 1. The molecule has 0 radical (unpaired) electrons. The van der Waals surface area contributed by atoms with E-state index in [4.69, 9.17) is 0 Å². The molecule has 9 nitrogen and oxygen atoms in total. The summed E-state index contributed by atoms with van der Waals surface area (Å²) < 4.78 is 1.50. The highest BCUT2D eigenvalue weighted by atomic mass is 16.3. The summed E-state index contributed by atoms with van der Waals surface area (Å²) in [5.41, 5.74) is 1.55. The maximum atomic E-state index is 13.3. The Balaban J connectivity index is 1.71. The maximum absolute atomic E-state index is 13.3. The van der Waals surface area contributed by atoms with E-state index in [9.17, 15) is 24.6 Å². The average Bonchev–Trinajstić information content (AvgIpc) is 2.87. The summed E-state index contributed by atoms with van der Waals surface area (Å²) in [6, 6.07) is 13.6. The summed E-state index contributed by atoms with van der Waals surface area (Å²) in [5.74, 6) is -1.62. The van der Waals surface area contributed by atoms with Crippen LogP contribution in [0.25, 0.3) is 21.8 Å². The van der Waals surface area contributed by atoms with Crippen molar-refractivity contribution in [3.05, 3.63) is 80.4 Å². The SMILES string of the molecule is CCCCCCn1c(=O)c(C(=O)N/N=C(/C)c2c(O)c3ccccc3[nH]c2=O)c(O)c2ccccc21. The monoisotopic (exact) mass is 488 g/mol. The number of carbonyl (C=O) groups excluding carboxylic acids is 1. The summed E-state index contributed by atoms with van der Waals surface area (Å²) in [6.45, 7) is 3.95. The second-order valence-corrected chi connectivity index (χ2v) is 8.62. The van der Waals surface area contributed by atoms with E-state index in [1.165, 1.54) is 11.5 Å². The van der Waals surface area contributed by atoms with E-state index in [2.05, 4.69) is 22.4 Å². The molecule has 0 bridgehead atoms. The van der Waals surface area contributed by atoms with Gasteiger partial charge in [0.1, 0.15) is 22.6 Å². The minimum absolute atomic E-state index is 0.0352. The van der Waals surface area contributed by atoms with Gasteiger partial charge in [-0.25, -0.2) is 5.43 Å². The lowest BCUT2D eigenvalue weighted by Gasteiger charge is -2.14. The average molecular weight is 489 g/mol. The molecule has 36 heavy (non-hydrogen) atoms. The van der Waals surface area contributed by atoms with Crippen LogP contribution in [0.1, 0.15) is 55.5 Å². The number of nitrogens with zero attached hydrogens (tertiary/aromatic N) is 2. The number of aromatic nitrogens is 2. The largest absolute Gasteiger partial charge is 0.506 e. The standard InChI is InChI=1S/C27H28N4O5/c1-3-4-5-10-15-31-20-14-9-7-12-18(20)24(33)22(27(31)36)26(35)30-29-16(2)21-23(32)17-11-6-8-13-19(17)28-25(21)34/h6-9,11-14,33H,3-5,10,15H2,1-2H3,(H,30,35)(H2,28,32,34)/b29-16-. The van der Waals surface area contributed by atoms with Crippen LogP contribution in [0.4, 0.5) is 0 Å². The van der Waals surface area contributed by atoms with Crippen molar-refractivity contribution in [1.29, 1.82) is 0 Å². The van der Waals surface area contributed by atoms with Gasteiger partial charge in [-0.05, 0) is 37.6 Å². The first-order valence-electron chi connectivity index (χ1n) is 11.9. The third-order valence-electron chi connectivity index (χ3n) is 6.19. The molecule has 4 rings (SSSR count). The molecular weight excluding hydrogens is 460 g/mol. The Morgan fingerprint density at radius 3 is 2.36 bits per heavy atom. The number of aromatic hydroxyl groups is 2. The van der Waals surface area contributed by atoms with Gasteiger partial charge in [-0.3, -0.25) is 14.4 Å². The molecule has 2 aromatic heterocycles. The third-order valence-corrected chi connectivity index (χ3v) is 6.19. The highest BCUT2D eigenvalue weighted by Crippen LogP contribution is 2.27. The van der Waals surface area contributed by atoms with Crippen LogP contribution in [0.3, 0.4) is 0 Å². The Morgan fingerprint density at radius 2 is 1.61 bits per heavy atom. The van der Waals surface area contributed by atoms with Crippen LogP contribution in [0.2, 0.25) is 0 Å². The number of carbonyl (C=O) groups is 1. The van der Waals surface area contributed by atoms with E-state index in [0.29, 0.717) is 28.4 Å². The van der Waals surface area contributed by atoms with Crippen molar-refractivity contribution in [1.82, 2.24) is 15.0 Å². The number of hydrogen-bond donors (Lipinski definition) is 4. The van der Waals surface area contributed by atoms with E-state index in [-0.39, 0.29) is 17.0 Å². The van der Waals surface area contributed by atoms with Crippen LogP contribution in [0, 0.1) is 0 Å². The number of benzene rings is 2. The van der Waals surface area contributed by atoms with Crippen LogP contribution in [-0.2, 0) is 6.54 Å². The zero-order valence-electron chi connectivity index (χ0n) is 20.2. The molecule has 0 spiro atoms. The van der Waals surface area contributed by atoms with Crippen LogP contribution in [0.15, 0.2) is 63.2 Å². The molecule has 0 saturated carbocycles. The number of nitrogens with one attached hydrogen (secondary N) is 2. The van der Waals surface area contributed by atoms with Gasteiger partial charge >= 0.3 is 0 Å². The van der Waals surface area contributed by atoms with Crippen LogP contribution in [0.5, 0.6) is 11.5 Å². The molecule has 4 aromatic rings. The topological polar surface area (TPSA) is 137 Å². The van der Waals surface area contributed by atoms with Gasteiger partial charge < -0.3 is 19.8 Å². The van der Waals surface area contributed by atoms with Gasteiger partial charge in [-0.1, -0.05) is 50.5 Å². The van der Waals surface area contributed by atoms with Crippen molar-refractivity contribution in [3.63, 3.8) is 0 Å². The molecule has 0 saturated heterocycles. The number of amides is 1. The van der Waals surface area contributed by atoms with Crippen molar-refractivity contribution in [3.8, 4) is 11.5 Å². The summed E-state index contributed by atoms with van der Waals surface area (Å²) >= 11 is 0. The third kappa shape index (κ3) is 4.59. The Morgan fingerprint density at radius 1 is 0.944 bits per heavy atom. The fraction of sp³-hybridized carbons (Fsp3) is 0.259. The van der Waals surface area contributed by atoms with Gasteiger partial charge in [0.2, 0.25) is 0 Å². The zero-order chi connectivity index (χ0) is 25.8. The number of hydrogen-bond acceptors (Lipinski definition) is 6. The van der Waals surface area contributed by atoms with Gasteiger partial charge in [-0.15, -0.1) is 0 Å². The van der Waals surface area contributed by atoms with Crippen molar-refractivity contribution in [2.75, 3.05) is 0 Å². The quantitative estimate of drug-likeness (QED) is 0.169. The molecule has 0 fully saturated rings. The summed E-state index contributed by atoms with van der Waals surface area (Å²) in [5, 5.41) is 26.2. The minimum Gasteiger partial charge on any atom is -0.506 e. The van der Waals surface area contributed by atoms with Crippen molar-refractivity contribution < 1.29 is 15.0 Å². The predicted octanol–water partition coefficient (Wildman–Crippen LogP) is 3.99. The fourth-order valence-corrected chi connectivity index (χ4v) is 4.32. The summed E-state index contributed by atoms with van der Waals surface area (Å²) in [4.78, 5) is 41.5. The van der Waals surface area contributed by atoms with Gasteiger partial charge in [0, 0.05) is 17.3 Å². The number of para-hydroxylation sites is 2. The number of H-pyrrole nitrogens is 1. The lowest BCUT2D eigenvalue weighted by Crippen LogP contribution is -2.32. The first kappa shape index (κ1) is 24.7. The summed E-state index contributed by atoms with van der Waals surface area (Å²) in [6.07, 6.45) is 3.77. The minimum atomic E-state index is -0.915. The molecule has 186 valence electrons. The number of unbranched alkanes of at least 4 members (excludes halogenated alkanes) is 3. The molecule has 2 aromatic carbocycles. The highest BCUT2D eigenvalue weighted by Gasteiger charge is 2.22. The molecule has 0 aliphatic carbocycles. The van der Waals surface area contributed by atoms with E-state index in [1.54, 1.807) is 48.5 Å². The van der Waals surface area contributed by atoms with Gasteiger partial charge in [0.15, 0.2) is 0 Å². The molecule has 4 N–H and O–H groups in total. The smallest absolute Gasteiger partial charge is 0.280 e. The molecule has 9 heteroatoms. The lowest BCUT2D eigenvalue weighted by atomic mass is 10.1. The fourth-order valence-electron chi connectivity index (χ4n) is 4.32. The van der Waals surface area contributed by atoms with Gasteiger partial charge in [0.25, 0.3) is 17.0 Å². The molecule has 0 aliphatic rings. The number of fused-ring (bicyclic) bond motifs is 2. The van der Waals surface area contributed by atoms with Crippen LogP contribution >= 0.6 is 0 Å². The highest BCUT2D eigenvalue weighted by molar-refractivity contribution is 6.07. The van der Waals surface area contributed by atoms with E-state index in [0.717, 1.165) is 25.7 Å². The van der Waals surface area contributed by atoms with Crippen LogP contribution in [-0.4, -0.2) is 31.4 Å². The second kappa shape index (κ2) is 10.5. The Bertz CT molecular complexity index is 1600. The summed E-state index contributed by atoms with van der Waals surface area (Å²) in [7, 11) is 0. The maximum Gasteiger partial charge on any atom is 0.280 e. The normalized spacial score (nSPS) is 11.8. The number of aromatic amines is 1. The molecule has 0 atom stereocenters. The first-order valence-corrected chi connectivity index (χ1v) is 11.9. The van der Waals surface area contributed by atoms with Crippen molar-refractivity contribution in [2.24, 2.45) is 5.10 Å². The number of aryl methyl sites for hydroxylation is 1. The van der Waals surface area contributed by atoms with Crippen molar-refractivity contribution in [2.45, 2.75) is 46.1 Å².